The van der Waals surface area contributed by atoms with Crippen molar-refractivity contribution in [2.24, 2.45) is 0 Å². The van der Waals surface area contributed by atoms with Gasteiger partial charge in [0.1, 0.15) is 15.2 Å². The van der Waals surface area contributed by atoms with E-state index >= 15 is 0 Å². The lowest BCUT2D eigenvalue weighted by Crippen LogP contribution is -1.84. The van der Waals surface area contributed by atoms with Crippen molar-refractivity contribution in [2.45, 2.75) is 16.3 Å². The molecule has 0 aliphatic carbocycles. The third kappa shape index (κ3) is 2.78. The van der Waals surface area contributed by atoms with Crippen LogP contribution in [0.3, 0.4) is 0 Å². The lowest BCUT2D eigenvalue weighted by molar-refractivity contribution is 0.980. The molecule has 8 heteroatoms. The van der Waals surface area contributed by atoms with E-state index in [9.17, 15) is 0 Å². The predicted molar refractivity (Wildman–Crippen MR) is 68.0 cm³/mol. The van der Waals surface area contributed by atoms with Gasteiger partial charge < -0.3 is 0 Å². The summed E-state index contributed by atoms with van der Waals surface area (Å²) >= 11 is 20.4. The van der Waals surface area contributed by atoms with Crippen molar-refractivity contribution >= 4 is 57.9 Å². The van der Waals surface area contributed by atoms with E-state index in [4.69, 9.17) is 34.8 Å². The minimum absolute atomic E-state index is 0.231. The Morgan fingerprint density at radius 3 is 2.56 bits per heavy atom. The van der Waals surface area contributed by atoms with Gasteiger partial charge in [0.2, 0.25) is 0 Å². The minimum Gasteiger partial charge on any atom is -0.226 e. The van der Waals surface area contributed by atoms with Crippen LogP contribution in [0.1, 0.15) is 5.01 Å². The fourth-order valence-corrected chi connectivity index (χ4v) is 3.29. The normalized spacial score (nSPS) is 10.8. The van der Waals surface area contributed by atoms with Gasteiger partial charge in [-0.15, -0.1) is 10.2 Å². The number of hydrogen-bond donors (Lipinski definition) is 0. The Labute approximate surface area is 115 Å². The van der Waals surface area contributed by atoms with Crippen molar-refractivity contribution in [1.29, 1.82) is 0 Å². The number of hydrogen-bond acceptors (Lipinski definition) is 5. The summed E-state index contributed by atoms with van der Waals surface area (Å²) in [6.45, 7) is 1.88. The van der Waals surface area contributed by atoms with Gasteiger partial charge >= 0.3 is 0 Å². The van der Waals surface area contributed by atoms with Gasteiger partial charge in [-0.3, -0.25) is 0 Å². The van der Waals surface area contributed by atoms with Gasteiger partial charge in [0.15, 0.2) is 4.34 Å². The second-order valence-electron chi connectivity index (χ2n) is 2.74. The smallest absolute Gasteiger partial charge is 0.180 e. The van der Waals surface area contributed by atoms with E-state index in [1.165, 1.54) is 23.1 Å². The zero-order valence-electron chi connectivity index (χ0n) is 7.87. The summed E-state index contributed by atoms with van der Waals surface area (Å²) in [7, 11) is 0. The molecule has 0 fully saturated rings. The van der Waals surface area contributed by atoms with Crippen LogP contribution in [0.15, 0.2) is 15.4 Å². The van der Waals surface area contributed by atoms with E-state index < -0.39 is 0 Å². The molecule has 84 valence electrons. The fourth-order valence-electron chi connectivity index (χ4n) is 0.902. The van der Waals surface area contributed by atoms with Crippen LogP contribution in [-0.4, -0.2) is 15.2 Å². The van der Waals surface area contributed by atoms with Crippen molar-refractivity contribution in [3.8, 4) is 0 Å². The molecule has 0 atom stereocenters. The predicted octanol–water partition coefficient (Wildman–Crippen LogP) is 4.35. The SMILES string of the molecule is Cc1nnc(Sc2nc(Cl)c(Cl)cc2Cl)s1. The molecular weight excluding hydrogens is 309 g/mol. The van der Waals surface area contributed by atoms with Crippen LogP contribution >= 0.6 is 57.9 Å². The topological polar surface area (TPSA) is 38.7 Å². The van der Waals surface area contributed by atoms with Crippen molar-refractivity contribution in [3.05, 3.63) is 26.3 Å². The summed E-state index contributed by atoms with van der Waals surface area (Å²) in [6.07, 6.45) is 0. The average molecular weight is 313 g/mol. The standard InChI is InChI=1S/C8H4Cl3N3S2/c1-3-13-14-8(15-3)16-7-5(10)2-4(9)6(11)12-7/h2H,1H3. The summed E-state index contributed by atoms with van der Waals surface area (Å²) in [5, 5.41) is 10.3. The lowest BCUT2D eigenvalue weighted by Gasteiger charge is -2.02. The van der Waals surface area contributed by atoms with Crippen LogP contribution in [0.5, 0.6) is 0 Å². The lowest BCUT2D eigenvalue weighted by atomic mass is 10.5. The first-order valence-corrected chi connectivity index (χ1v) is 6.82. The molecule has 2 aromatic rings. The number of nitrogens with zero attached hydrogens (tertiary/aromatic N) is 3. The highest BCUT2D eigenvalue weighted by Gasteiger charge is 2.11. The molecule has 3 nitrogen and oxygen atoms in total. The van der Waals surface area contributed by atoms with Crippen LogP contribution < -0.4 is 0 Å². The van der Waals surface area contributed by atoms with Gasteiger partial charge in [0.25, 0.3) is 0 Å². The molecule has 0 unspecified atom stereocenters. The van der Waals surface area contributed by atoms with Crippen molar-refractivity contribution in [3.63, 3.8) is 0 Å². The first-order chi connectivity index (χ1) is 7.56. The van der Waals surface area contributed by atoms with Crippen molar-refractivity contribution in [1.82, 2.24) is 15.2 Å². The molecule has 16 heavy (non-hydrogen) atoms. The van der Waals surface area contributed by atoms with E-state index in [1.807, 2.05) is 6.92 Å². The third-order valence-electron chi connectivity index (χ3n) is 1.55. The average Bonchev–Trinajstić information content (AvgIpc) is 2.60. The Kier molecular flexibility index (Phi) is 3.92. The molecule has 2 heterocycles. The molecule has 2 rings (SSSR count). The fraction of sp³-hybridized carbons (Fsp3) is 0.125. The zero-order valence-corrected chi connectivity index (χ0v) is 11.8. The van der Waals surface area contributed by atoms with E-state index in [0.29, 0.717) is 15.1 Å². The number of halogens is 3. The molecule has 0 saturated heterocycles. The number of aryl methyl sites for hydroxylation is 1. The monoisotopic (exact) mass is 311 g/mol. The Morgan fingerprint density at radius 1 is 1.19 bits per heavy atom. The first kappa shape index (κ1) is 12.4. The van der Waals surface area contributed by atoms with E-state index in [1.54, 1.807) is 6.07 Å². The van der Waals surface area contributed by atoms with E-state index in [2.05, 4.69) is 15.2 Å². The van der Waals surface area contributed by atoms with E-state index in [0.717, 1.165) is 9.35 Å². The zero-order chi connectivity index (χ0) is 11.7. The van der Waals surface area contributed by atoms with Gasteiger partial charge in [-0.25, -0.2) is 4.98 Å². The summed E-state index contributed by atoms with van der Waals surface area (Å²) in [6, 6.07) is 1.56. The quantitative estimate of drug-likeness (QED) is 0.773. The van der Waals surface area contributed by atoms with Crippen molar-refractivity contribution in [2.75, 3.05) is 0 Å². The molecule has 0 aliphatic rings. The van der Waals surface area contributed by atoms with Crippen LogP contribution in [0.25, 0.3) is 0 Å². The Balaban J connectivity index is 2.31. The Hall–Kier alpha value is -0.0700. The molecule has 2 aromatic heterocycles. The second-order valence-corrected chi connectivity index (χ2v) is 6.33. The van der Waals surface area contributed by atoms with Crippen LogP contribution in [-0.2, 0) is 0 Å². The Bertz CT molecular complexity index is 529. The Morgan fingerprint density at radius 2 is 1.94 bits per heavy atom. The van der Waals surface area contributed by atoms with Gasteiger partial charge in [-0.1, -0.05) is 46.1 Å². The molecule has 0 spiro atoms. The summed E-state index contributed by atoms with van der Waals surface area (Å²) in [5.74, 6) is 0. The number of aromatic nitrogens is 3. The summed E-state index contributed by atoms with van der Waals surface area (Å²) < 4.78 is 0.769. The van der Waals surface area contributed by atoms with Gasteiger partial charge in [-0.05, 0) is 24.8 Å². The molecule has 0 bridgehead atoms. The van der Waals surface area contributed by atoms with Gasteiger partial charge in [-0.2, -0.15) is 0 Å². The molecule has 0 radical (unpaired) electrons. The highest BCUT2D eigenvalue weighted by atomic mass is 35.5. The first-order valence-electron chi connectivity index (χ1n) is 4.06. The van der Waals surface area contributed by atoms with Crippen LogP contribution in [0.4, 0.5) is 0 Å². The van der Waals surface area contributed by atoms with Gasteiger partial charge in [0.05, 0.1) is 10.0 Å². The van der Waals surface area contributed by atoms with Crippen LogP contribution in [0, 0.1) is 6.92 Å². The highest BCUT2D eigenvalue weighted by Crippen LogP contribution is 2.36. The van der Waals surface area contributed by atoms with Gasteiger partial charge in [0, 0.05) is 0 Å². The minimum atomic E-state index is 0.231. The number of rotatable bonds is 2. The molecule has 0 aromatic carbocycles. The maximum Gasteiger partial charge on any atom is 0.180 e. The van der Waals surface area contributed by atoms with Crippen molar-refractivity contribution < 1.29 is 0 Å². The maximum absolute atomic E-state index is 5.99. The highest BCUT2D eigenvalue weighted by molar-refractivity contribution is 8.01. The van der Waals surface area contributed by atoms with E-state index in [-0.39, 0.29) is 5.15 Å². The molecule has 0 N–H and O–H groups in total. The third-order valence-corrected chi connectivity index (χ3v) is 4.51. The van der Waals surface area contributed by atoms with Crippen LogP contribution in [0.2, 0.25) is 15.2 Å². The largest absolute Gasteiger partial charge is 0.226 e. The molecule has 0 aliphatic heterocycles. The summed E-state index contributed by atoms with van der Waals surface area (Å²) in [4.78, 5) is 4.08. The molecule has 0 saturated carbocycles. The second kappa shape index (κ2) is 5.06. The molecular formula is C8H4Cl3N3S2. The molecule has 0 amide bonds. The number of pyridine rings is 1. The maximum atomic E-state index is 5.99. The summed E-state index contributed by atoms with van der Waals surface area (Å²) in [5.41, 5.74) is 0.